The molecule has 38 heavy (non-hydrogen) atoms. The number of hydrogen-bond donors (Lipinski definition) is 0. The topological polar surface area (TPSA) is 68.6 Å². The van der Waals surface area contributed by atoms with E-state index in [-0.39, 0.29) is 22.3 Å². The van der Waals surface area contributed by atoms with Crippen LogP contribution in [0.2, 0.25) is 0 Å². The molecule has 1 aromatic heterocycles. The molecule has 1 atom stereocenters. The Morgan fingerprint density at radius 2 is 1.66 bits per heavy atom. The van der Waals surface area contributed by atoms with Crippen LogP contribution < -0.4 is 4.18 Å². The van der Waals surface area contributed by atoms with E-state index in [2.05, 4.69) is 39.8 Å². The van der Waals surface area contributed by atoms with E-state index in [1.165, 1.54) is 5.56 Å². The molecule has 7 heteroatoms. The summed E-state index contributed by atoms with van der Waals surface area (Å²) in [5.74, 6) is 1.02. The number of carbonyl (C=O) groups excluding carboxylic acids is 1. The van der Waals surface area contributed by atoms with Gasteiger partial charge >= 0.3 is 10.1 Å². The van der Waals surface area contributed by atoms with Crippen molar-refractivity contribution in [1.29, 1.82) is 0 Å². The van der Waals surface area contributed by atoms with Crippen molar-refractivity contribution in [2.75, 3.05) is 13.1 Å². The van der Waals surface area contributed by atoms with Crippen molar-refractivity contribution >= 4 is 26.8 Å². The average molecular weight is 529 g/mol. The van der Waals surface area contributed by atoms with Crippen molar-refractivity contribution in [3.63, 3.8) is 0 Å². The maximum absolute atomic E-state index is 13.3. The number of piperidine rings is 1. The van der Waals surface area contributed by atoms with Gasteiger partial charge in [-0.05, 0) is 87.2 Å². The lowest BCUT2D eigenvalue weighted by atomic mass is 9.85. The predicted molar refractivity (Wildman–Crippen MR) is 148 cm³/mol. The maximum Gasteiger partial charge on any atom is 0.339 e. The zero-order valence-corrected chi connectivity index (χ0v) is 22.4. The standard InChI is InChI=1S/C31H32N2O4S/c1-22-7-10-28(11-8-22)38(35,36)37-27-9-12-29-25(18-27)19-30-31(34)26(21-33(29)30)17-23-13-15-32(16-14-23)20-24-5-3-2-4-6-24/h2-12,18-19,23,26H,13-17,20-21H2,1H3. The van der Waals surface area contributed by atoms with Gasteiger partial charge in [0.15, 0.2) is 5.78 Å². The van der Waals surface area contributed by atoms with E-state index < -0.39 is 10.1 Å². The monoisotopic (exact) mass is 528 g/mol. The van der Waals surface area contributed by atoms with Crippen LogP contribution >= 0.6 is 0 Å². The Morgan fingerprint density at radius 3 is 2.39 bits per heavy atom. The first kappa shape index (κ1) is 24.9. The van der Waals surface area contributed by atoms with Crippen LogP contribution in [0.1, 0.15) is 40.9 Å². The molecule has 6 nitrogen and oxygen atoms in total. The van der Waals surface area contributed by atoms with Gasteiger partial charge in [0.2, 0.25) is 0 Å². The molecule has 1 saturated heterocycles. The van der Waals surface area contributed by atoms with Crippen molar-refractivity contribution < 1.29 is 17.4 Å². The molecule has 4 aromatic rings. The number of rotatable bonds is 7. The summed E-state index contributed by atoms with van der Waals surface area (Å²) in [6, 6.07) is 24.3. The van der Waals surface area contributed by atoms with Crippen LogP contribution in [0.5, 0.6) is 5.75 Å². The van der Waals surface area contributed by atoms with Crippen LogP contribution in [0.3, 0.4) is 0 Å². The number of aromatic nitrogens is 1. The molecule has 1 fully saturated rings. The highest BCUT2D eigenvalue weighted by Crippen LogP contribution is 2.36. The van der Waals surface area contributed by atoms with Gasteiger partial charge in [0.1, 0.15) is 10.6 Å². The summed E-state index contributed by atoms with van der Waals surface area (Å²) in [6.45, 7) is 5.72. The van der Waals surface area contributed by atoms with Gasteiger partial charge < -0.3 is 8.75 Å². The van der Waals surface area contributed by atoms with Crippen LogP contribution in [0.25, 0.3) is 10.9 Å². The first-order valence-electron chi connectivity index (χ1n) is 13.3. The molecule has 0 saturated carbocycles. The van der Waals surface area contributed by atoms with E-state index in [0.717, 1.165) is 55.4 Å². The average Bonchev–Trinajstić information content (AvgIpc) is 3.41. The minimum Gasteiger partial charge on any atom is -0.379 e. The minimum absolute atomic E-state index is 0.0120. The Bertz CT molecular complexity index is 1570. The van der Waals surface area contributed by atoms with Crippen LogP contribution in [-0.4, -0.2) is 36.8 Å². The van der Waals surface area contributed by atoms with Crippen molar-refractivity contribution in [3.8, 4) is 5.75 Å². The van der Waals surface area contributed by atoms with Gasteiger partial charge in [0.25, 0.3) is 0 Å². The van der Waals surface area contributed by atoms with E-state index in [1.54, 1.807) is 36.4 Å². The third kappa shape index (κ3) is 5.00. The highest BCUT2D eigenvalue weighted by molar-refractivity contribution is 7.87. The molecule has 0 radical (unpaired) electrons. The molecule has 0 bridgehead atoms. The summed E-state index contributed by atoms with van der Waals surface area (Å²) < 4.78 is 32.9. The number of likely N-dealkylation sites (tertiary alicyclic amines) is 1. The molecule has 196 valence electrons. The van der Waals surface area contributed by atoms with Crippen molar-refractivity contribution in [2.45, 2.75) is 44.2 Å². The Morgan fingerprint density at radius 1 is 0.921 bits per heavy atom. The lowest BCUT2D eigenvalue weighted by molar-refractivity contribution is 0.0894. The fourth-order valence-electron chi connectivity index (χ4n) is 5.90. The number of hydrogen-bond acceptors (Lipinski definition) is 5. The van der Waals surface area contributed by atoms with Crippen LogP contribution in [0.15, 0.2) is 83.8 Å². The summed E-state index contributed by atoms with van der Waals surface area (Å²) in [5.41, 5.74) is 3.98. The van der Waals surface area contributed by atoms with Crippen LogP contribution in [0.4, 0.5) is 0 Å². The third-order valence-electron chi connectivity index (χ3n) is 7.99. The number of carbonyl (C=O) groups is 1. The van der Waals surface area contributed by atoms with Gasteiger partial charge in [0, 0.05) is 29.9 Å². The minimum atomic E-state index is -3.93. The fraction of sp³-hybridized carbons (Fsp3) is 0.323. The molecule has 2 aliphatic rings. The third-order valence-corrected chi connectivity index (χ3v) is 9.25. The number of ketones is 1. The predicted octanol–water partition coefficient (Wildman–Crippen LogP) is 5.83. The molecule has 3 aromatic carbocycles. The van der Waals surface area contributed by atoms with Crippen LogP contribution in [0, 0.1) is 18.8 Å². The summed E-state index contributed by atoms with van der Waals surface area (Å²) in [4.78, 5) is 15.9. The smallest absolute Gasteiger partial charge is 0.339 e. The summed E-state index contributed by atoms with van der Waals surface area (Å²) in [5, 5.41) is 0.817. The van der Waals surface area contributed by atoms with Gasteiger partial charge in [-0.2, -0.15) is 8.42 Å². The molecular weight excluding hydrogens is 496 g/mol. The number of fused-ring (bicyclic) bond motifs is 3. The second-order valence-corrected chi connectivity index (χ2v) is 12.3. The molecule has 1 unspecified atom stereocenters. The molecule has 0 N–H and O–H groups in total. The van der Waals surface area contributed by atoms with E-state index in [4.69, 9.17) is 4.18 Å². The Hall–Kier alpha value is -3.42. The Balaban J connectivity index is 1.09. The summed E-state index contributed by atoms with van der Waals surface area (Å²) in [6.07, 6.45) is 3.18. The second-order valence-electron chi connectivity index (χ2n) is 10.7. The normalized spacial score (nSPS) is 18.7. The van der Waals surface area contributed by atoms with Gasteiger partial charge in [-0.15, -0.1) is 0 Å². The van der Waals surface area contributed by atoms with Crippen LogP contribution in [-0.2, 0) is 23.2 Å². The lowest BCUT2D eigenvalue weighted by Crippen LogP contribution is -2.34. The molecule has 6 rings (SSSR count). The van der Waals surface area contributed by atoms with Crippen molar-refractivity contribution in [1.82, 2.24) is 9.47 Å². The first-order chi connectivity index (χ1) is 18.4. The van der Waals surface area contributed by atoms with Crippen molar-refractivity contribution in [2.24, 2.45) is 11.8 Å². The first-order valence-corrected chi connectivity index (χ1v) is 14.7. The van der Waals surface area contributed by atoms with E-state index in [1.807, 2.05) is 19.1 Å². The molecular formula is C31H32N2O4S. The van der Waals surface area contributed by atoms with Gasteiger partial charge in [0.05, 0.1) is 5.69 Å². The largest absolute Gasteiger partial charge is 0.379 e. The number of Topliss-reactive ketones (excluding diaryl/α,β-unsaturated/α-hetero) is 1. The highest BCUT2D eigenvalue weighted by atomic mass is 32.2. The van der Waals surface area contributed by atoms with Gasteiger partial charge in [-0.25, -0.2) is 0 Å². The number of aryl methyl sites for hydroxylation is 1. The zero-order chi connectivity index (χ0) is 26.3. The maximum atomic E-state index is 13.3. The number of nitrogens with zero attached hydrogens (tertiary/aromatic N) is 2. The Kier molecular flexibility index (Phi) is 6.58. The molecule has 0 amide bonds. The molecule has 0 spiro atoms. The lowest BCUT2D eigenvalue weighted by Gasteiger charge is -2.32. The fourth-order valence-corrected chi connectivity index (χ4v) is 6.82. The zero-order valence-electron chi connectivity index (χ0n) is 21.5. The Labute approximate surface area is 224 Å². The van der Waals surface area contributed by atoms with Gasteiger partial charge in [-0.3, -0.25) is 9.69 Å². The summed E-state index contributed by atoms with van der Waals surface area (Å²) >= 11 is 0. The molecule has 3 heterocycles. The van der Waals surface area contributed by atoms with Gasteiger partial charge in [-0.1, -0.05) is 48.0 Å². The molecule has 0 aliphatic carbocycles. The molecule has 2 aliphatic heterocycles. The van der Waals surface area contributed by atoms with E-state index in [0.29, 0.717) is 18.2 Å². The highest BCUT2D eigenvalue weighted by Gasteiger charge is 2.34. The SMILES string of the molecule is Cc1ccc(S(=O)(=O)Oc2ccc3c(c2)cc2n3CC(CC3CCN(Cc4ccccc4)CC3)C2=O)cc1. The van der Waals surface area contributed by atoms with E-state index in [9.17, 15) is 13.2 Å². The van der Waals surface area contributed by atoms with Crippen molar-refractivity contribution in [3.05, 3.63) is 95.7 Å². The second kappa shape index (κ2) is 10.0. The summed E-state index contributed by atoms with van der Waals surface area (Å²) in [7, 11) is -3.93. The van der Waals surface area contributed by atoms with E-state index >= 15 is 0 Å². The number of benzene rings is 3. The quantitative estimate of drug-likeness (QED) is 0.282.